The summed E-state index contributed by atoms with van der Waals surface area (Å²) < 4.78 is 90.7. The highest BCUT2D eigenvalue weighted by atomic mass is 32.1. The van der Waals surface area contributed by atoms with Crippen molar-refractivity contribution in [3.05, 3.63) is 56.0 Å². The summed E-state index contributed by atoms with van der Waals surface area (Å²) in [6.07, 6.45) is -7.43. The molecule has 2 aliphatic heterocycles. The Hall–Kier alpha value is -1.99. The van der Waals surface area contributed by atoms with Gasteiger partial charge in [0.2, 0.25) is 0 Å². The van der Waals surface area contributed by atoms with Crippen LogP contribution in [0, 0.1) is 10.6 Å². The molecule has 3 heterocycles. The van der Waals surface area contributed by atoms with E-state index in [2.05, 4.69) is 4.98 Å². The number of aliphatic hydroxyl groups excluding tert-OH is 2. The Bertz CT molecular complexity index is 1560. The number of hydrogen-bond donors (Lipinski definition) is 3. The number of H-pyrrole nitrogens is 1. The number of fused-ring (bicyclic) bond motifs is 1. The number of nitrogens with zero attached hydrogens (tertiary/aromatic N) is 1. The van der Waals surface area contributed by atoms with E-state index in [1.54, 1.807) is 41.5 Å². The molecule has 5 atom stereocenters. The van der Waals surface area contributed by atoms with E-state index in [4.69, 9.17) is 34.6 Å². The minimum Gasteiger partial charge on any atom is -0.403 e. The molecule has 0 amide bonds. The summed E-state index contributed by atoms with van der Waals surface area (Å²) in [7, 11) is -5.10. The van der Waals surface area contributed by atoms with Gasteiger partial charge in [-0.2, -0.15) is 0 Å². The van der Waals surface area contributed by atoms with Gasteiger partial charge in [-0.25, -0.2) is 13.3 Å². The number of benzene rings is 1. The minimum absolute atomic E-state index is 0.0989. The number of alkyl halides is 1. The van der Waals surface area contributed by atoms with E-state index < -0.39 is 72.2 Å². The van der Waals surface area contributed by atoms with Gasteiger partial charge in [0.1, 0.15) is 30.3 Å². The van der Waals surface area contributed by atoms with E-state index in [0.717, 1.165) is 12.3 Å². The molecule has 2 aromatic rings. The summed E-state index contributed by atoms with van der Waals surface area (Å²) in [6, 6.07) is 2.41. The van der Waals surface area contributed by atoms with Crippen LogP contribution in [0.3, 0.4) is 0 Å². The molecular weight excluding hydrogens is 545 g/mol. The lowest BCUT2D eigenvalue weighted by atomic mass is 9.78. The van der Waals surface area contributed by atoms with Crippen LogP contribution in [0.4, 0.5) is 8.78 Å². The molecule has 2 aliphatic rings. The molecule has 0 spiro atoms. The van der Waals surface area contributed by atoms with E-state index in [9.17, 15) is 19.6 Å². The Morgan fingerprint density at radius 1 is 1.32 bits per heavy atom. The number of phosphoric acid groups is 1. The number of aliphatic hydroxyl groups is 2. The van der Waals surface area contributed by atoms with Crippen LogP contribution in [0.5, 0.6) is 5.75 Å². The van der Waals surface area contributed by atoms with Crippen molar-refractivity contribution in [2.45, 2.75) is 83.2 Å². The number of aromatic nitrogens is 2. The zero-order valence-electron chi connectivity index (χ0n) is 24.5. The van der Waals surface area contributed by atoms with Crippen molar-refractivity contribution in [2.75, 3.05) is 6.56 Å². The first kappa shape index (κ1) is 25.0. The molecule has 0 bridgehead atoms. The van der Waals surface area contributed by atoms with Gasteiger partial charge in [-0.05, 0) is 34.7 Å². The standard InChI is InChI=1S/C24H31F2N2O8PS/c1-22(2,3)13-9-14(23(4,5)6)18-12(16(13)25)10-33-37(32,36-18)34-11-24(26)19(31)17(30)20(35-24)28-8-7-15(29)27-21(28)38/h7-9,17,19-20,30-31H,10-11H2,1-6H3,(H,27,29,38)/t17-,19+,20-,24-,37?/m1/s1/i11D2,20D. The second-order valence-corrected chi connectivity index (χ2v) is 13.0. The quantitative estimate of drug-likeness (QED) is 0.359. The second-order valence-electron chi connectivity index (χ2n) is 11.1. The molecule has 38 heavy (non-hydrogen) atoms. The van der Waals surface area contributed by atoms with Gasteiger partial charge < -0.3 is 19.5 Å². The molecule has 210 valence electrons. The zero-order chi connectivity index (χ0) is 31.1. The Balaban J connectivity index is 1.73. The maximum Gasteiger partial charge on any atom is 0.530 e. The molecule has 1 unspecified atom stereocenters. The van der Waals surface area contributed by atoms with E-state index in [1.807, 2.05) is 0 Å². The third-order valence-corrected chi connectivity index (χ3v) is 7.50. The number of aromatic amines is 1. The smallest absolute Gasteiger partial charge is 0.403 e. The number of ether oxygens (including phenoxy) is 1. The Morgan fingerprint density at radius 2 is 1.95 bits per heavy atom. The van der Waals surface area contributed by atoms with Crippen molar-refractivity contribution >= 4 is 20.0 Å². The van der Waals surface area contributed by atoms with Crippen molar-refractivity contribution in [1.82, 2.24) is 9.55 Å². The van der Waals surface area contributed by atoms with Gasteiger partial charge in [-0.1, -0.05) is 41.5 Å². The predicted octanol–water partition coefficient (Wildman–Crippen LogP) is 4.29. The summed E-state index contributed by atoms with van der Waals surface area (Å²) in [5.41, 5.74) is -1.41. The summed E-state index contributed by atoms with van der Waals surface area (Å²) in [5, 5.41) is 21.1. The van der Waals surface area contributed by atoms with Crippen LogP contribution in [0.15, 0.2) is 23.1 Å². The van der Waals surface area contributed by atoms with Gasteiger partial charge in [0.25, 0.3) is 11.4 Å². The van der Waals surface area contributed by atoms with Gasteiger partial charge in [0.05, 0.1) is 16.3 Å². The van der Waals surface area contributed by atoms with Crippen LogP contribution in [0.25, 0.3) is 0 Å². The van der Waals surface area contributed by atoms with Crippen molar-refractivity contribution in [1.29, 1.82) is 0 Å². The first-order valence-corrected chi connectivity index (χ1v) is 13.4. The molecule has 14 heteroatoms. The van der Waals surface area contributed by atoms with Crippen LogP contribution in [-0.4, -0.2) is 44.4 Å². The fourth-order valence-electron chi connectivity index (χ4n) is 3.95. The number of phosphoric ester groups is 1. The lowest BCUT2D eigenvalue weighted by molar-refractivity contribution is -0.205. The molecule has 10 nitrogen and oxygen atoms in total. The minimum atomic E-state index is -5.10. The fourth-order valence-corrected chi connectivity index (χ4v) is 5.30. The fraction of sp³-hybridized carbons (Fsp3) is 0.583. The number of nitrogens with one attached hydrogen (secondary N) is 1. The Labute approximate surface area is 227 Å². The highest BCUT2D eigenvalue weighted by molar-refractivity contribution is 7.71. The monoisotopic (exact) mass is 579 g/mol. The van der Waals surface area contributed by atoms with Crippen LogP contribution in [-0.2, 0) is 35.8 Å². The molecule has 0 radical (unpaired) electrons. The third-order valence-electron chi connectivity index (χ3n) is 6.04. The largest absolute Gasteiger partial charge is 0.530 e. The molecule has 0 saturated carbocycles. The van der Waals surface area contributed by atoms with Crippen LogP contribution in [0.1, 0.15) is 68.5 Å². The van der Waals surface area contributed by atoms with E-state index in [-0.39, 0.29) is 11.3 Å². The van der Waals surface area contributed by atoms with Gasteiger partial charge >= 0.3 is 7.82 Å². The summed E-state index contributed by atoms with van der Waals surface area (Å²) >= 11 is 4.93. The molecule has 0 aliphatic carbocycles. The SMILES string of the molecule is [2H]C([2H])(OP1(=O)OCc2c(F)c(C(C)(C)C)cc(C(C)(C)C)c2O1)[C@@]1(F)O[C@@]([2H])(n2ccc(=O)[nH]c2=S)[C@H](O)[C@@H]1O. The zero-order valence-corrected chi connectivity index (χ0v) is 23.2. The van der Waals surface area contributed by atoms with Crippen LogP contribution >= 0.6 is 20.0 Å². The first-order valence-electron chi connectivity index (χ1n) is 13.1. The average Bonchev–Trinajstić information content (AvgIpc) is 2.98. The molecule has 1 aromatic carbocycles. The van der Waals surface area contributed by atoms with Gasteiger partial charge in [0.15, 0.2) is 11.0 Å². The predicted molar refractivity (Wildman–Crippen MR) is 135 cm³/mol. The maximum atomic E-state index is 16.2. The Kier molecular flexibility index (Phi) is 6.31. The lowest BCUT2D eigenvalue weighted by Gasteiger charge is -2.34. The van der Waals surface area contributed by atoms with E-state index in [1.165, 1.54) is 6.07 Å². The van der Waals surface area contributed by atoms with Crippen LogP contribution in [0.2, 0.25) is 0 Å². The molecule has 1 saturated heterocycles. The molecule has 4 rings (SSSR count). The maximum absolute atomic E-state index is 16.2. The number of halogens is 2. The van der Waals surface area contributed by atoms with Crippen molar-refractivity contribution in [2.24, 2.45) is 0 Å². The summed E-state index contributed by atoms with van der Waals surface area (Å²) in [5.74, 6) is -4.98. The summed E-state index contributed by atoms with van der Waals surface area (Å²) in [4.78, 5) is 13.7. The van der Waals surface area contributed by atoms with E-state index >= 15 is 8.78 Å². The van der Waals surface area contributed by atoms with Gasteiger partial charge in [-0.15, -0.1) is 0 Å². The van der Waals surface area contributed by atoms with E-state index in [0.29, 0.717) is 15.7 Å². The first-order chi connectivity index (χ1) is 18.5. The average molecular weight is 580 g/mol. The van der Waals surface area contributed by atoms with Gasteiger partial charge in [0, 0.05) is 17.8 Å². The third kappa shape index (κ3) is 5.25. The van der Waals surface area contributed by atoms with Gasteiger partial charge in [-0.3, -0.25) is 23.4 Å². The molecule has 1 aromatic heterocycles. The Morgan fingerprint density at radius 3 is 2.53 bits per heavy atom. The summed E-state index contributed by atoms with van der Waals surface area (Å²) in [6.45, 7) is 6.15. The highest BCUT2D eigenvalue weighted by Gasteiger charge is 2.57. The molecule has 1 fully saturated rings. The highest BCUT2D eigenvalue weighted by Crippen LogP contribution is 2.58. The number of hydrogen-bond acceptors (Lipinski definition) is 9. The van der Waals surface area contributed by atoms with Crippen LogP contribution < -0.4 is 10.1 Å². The van der Waals surface area contributed by atoms with Crippen molar-refractivity contribution in [3.63, 3.8) is 0 Å². The topological polar surface area (TPSA) is 132 Å². The second kappa shape index (κ2) is 9.58. The number of rotatable bonds is 4. The van der Waals surface area contributed by atoms with Crippen molar-refractivity contribution in [3.8, 4) is 5.75 Å². The molecule has 3 N–H and O–H groups in total. The van der Waals surface area contributed by atoms with Crippen molar-refractivity contribution < 1.29 is 46.0 Å². The molecular formula is C24H31F2N2O8PS. The normalized spacial score (nSPS) is 33.2. The lowest BCUT2D eigenvalue weighted by Crippen LogP contribution is -2.43.